The van der Waals surface area contributed by atoms with E-state index in [1.54, 1.807) is 12.1 Å². The van der Waals surface area contributed by atoms with Crippen molar-refractivity contribution in [3.63, 3.8) is 0 Å². The minimum absolute atomic E-state index is 0.189. The van der Waals surface area contributed by atoms with Gasteiger partial charge in [-0.3, -0.25) is 0 Å². The summed E-state index contributed by atoms with van der Waals surface area (Å²) in [5.74, 6) is -0.189. The van der Waals surface area contributed by atoms with E-state index in [1.807, 2.05) is 18.2 Å². The van der Waals surface area contributed by atoms with Crippen LogP contribution in [0.25, 0.3) is 0 Å². The van der Waals surface area contributed by atoms with Gasteiger partial charge in [0.2, 0.25) is 0 Å². The van der Waals surface area contributed by atoms with E-state index in [9.17, 15) is 13.2 Å². The molecular formula is C16H17F3N2. The van der Waals surface area contributed by atoms with E-state index in [2.05, 4.69) is 0 Å². The molecule has 0 heterocycles. The first-order chi connectivity index (χ1) is 9.84. The first-order valence-corrected chi connectivity index (χ1v) is 6.93. The van der Waals surface area contributed by atoms with Gasteiger partial charge in [-0.1, -0.05) is 36.4 Å². The number of hydrogen-bond acceptors (Lipinski definition) is 2. The fraction of sp³-hybridized carbons (Fsp3) is 0.375. The maximum Gasteiger partial charge on any atom is 0.416 e. The smallest absolute Gasteiger partial charge is 0.323 e. The van der Waals surface area contributed by atoms with Gasteiger partial charge in [-0.15, -0.1) is 0 Å². The van der Waals surface area contributed by atoms with E-state index in [-0.39, 0.29) is 5.92 Å². The van der Waals surface area contributed by atoms with Gasteiger partial charge in [0.05, 0.1) is 11.1 Å². The largest absolute Gasteiger partial charge is 0.416 e. The standard InChI is InChI=1S/C16H17F3N2/c17-16(18,19)13-5-3-4-10-11(13)7-8-12(10)15(21)9-2-1-6-14(15)20/h1-6,9,12,14H,7-8,20-21H2. The van der Waals surface area contributed by atoms with Crippen molar-refractivity contribution in [1.29, 1.82) is 0 Å². The Balaban J connectivity index is 2.06. The average molecular weight is 294 g/mol. The molecule has 0 saturated heterocycles. The first kappa shape index (κ1) is 14.4. The molecule has 0 fully saturated rings. The summed E-state index contributed by atoms with van der Waals surface area (Å²) in [7, 11) is 0. The van der Waals surface area contributed by atoms with Crippen LogP contribution in [0.3, 0.4) is 0 Å². The molecule has 0 aromatic heterocycles. The Morgan fingerprint density at radius 2 is 1.95 bits per heavy atom. The zero-order valence-corrected chi connectivity index (χ0v) is 11.4. The summed E-state index contributed by atoms with van der Waals surface area (Å²) in [5, 5.41) is 0. The van der Waals surface area contributed by atoms with Crippen LogP contribution in [0.2, 0.25) is 0 Å². The Kier molecular flexibility index (Phi) is 3.22. The van der Waals surface area contributed by atoms with Crippen molar-refractivity contribution in [2.75, 3.05) is 0 Å². The van der Waals surface area contributed by atoms with Crippen molar-refractivity contribution in [3.8, 4) is 0 Å². The summed E-state index contributed by atoms with van der Waals surface area (Å²) in [6.45, 7) is 0. The summed E-state index contributed by atoms with van der Waals surface area (Å²) in [6, 6.07) is 3.95. The van der Waals surface area contributed by atoms with Gasteiger partial charge in [0.1, 0.15) is 0 Å². The number of allylic oxidation sites excluding steroid dienone is 2. The molecule has 0 radical (unpaired) electrons. The predicted octanol–water partition coefficient (Wildman–Crippen LogP) is 2.89. The van der Waals surface area contributed by atoms with Gasteiger partial charge in [0.15, 0.2) is 0 Å². The Morgan fingerprint density at radius 1 is 1.19 bits per heavy atom. The van der Waals surface area contributed by atoms with Gasteiger partial charge >= 0.3 is 6.18 Å². The van der Waals surface area contributed by atoms with E-state index in [0.29, 0.717) is 24.0 Å². The van der Waals surface area contributed by atoms with E-state index >= 15 is 0 Å². The Labute approximate surface area is 121 Å². The zero-order chi connectivity index (χ0) is 15.3. The molecule has 3 rings (SSSR count). The molecule has 2 aliphatic carbocycles. The molecule has 3 unspecified atom stereocenters. The highest BCUT2D eigenvalue weighted by molar-refractivity contribution is 5.47. The van der Waals surface area contributed by atoms with Crippen LogP contribution < -0.4 is 11.5 Å². The lowest BCUT2D eigenvalue weighted by molar-refractivity contribution is -0.138. The molecule has 1 aromatic rings. The van der Waals surface area contributed by atoms with Crippen LogP contribution in [0.15, 0.2) is 42.5 Å². The number of fused-ring (bicyclic) bond motifs is 1. The Hall–Kier alpha value is -1.59. The molecule has 0 aliphatic heterocycles. The third kappa shape index (κ3) is 2.21. The SMILES string of the molecule is NC1C=CC=CC1(N)C1CCc2c1cccc2C(F)(F)F. The number of nitrogens with two attached hydrogens (primary N) is 2. The number of rotatable bonds is 1. The molecular weight excluding hydrogens is 277 g/mol. The maximum atomic E-state index is 13.1. The van der Waals surface area contributed by atoms with Crippen molar-refractivity contribution < 1.29 is 13.2 Å². The third-order valence-corrected chi connectivity index (χ3v) is 4.57. The zero-order valence-electron chi connectivity index (χ0n) is 11.4. The van der Waals surface area contributed by atoms with Crippen molar-refractivity contribution in [1.82, 2.24) is 0 Å². The lowest BCUT2D eigenvalue weighted by Gasteiger charge is -2.38. The molecule has 21 heavy (non-hydrogen) atoms. The van der Waals surface area contributed by atoms with Crippen molar-refractivity contribution in [3.05, 3.63) is 59.2 Å². The van der Waals surface area contributed by atoms with Gasteiger partial charge in [0, 0.05) is 12.0 Å². The second-order valence-corrected chi connectivity index (χ2v) is 5.73. The molecule has 3 atom stereocenters. The highest BCUT2D eigenvalue weighted by atomic mass is 19.4. The molecule has 0 amide bonds. The summed E-state index contributed by atoms with van der Waals surface area (Å²) >= 11 is 0. The summed E-state index contributed by atoms with van der Waals surface area (Å²) < 4.78 is 39.3. The topological polar surface area (TPSA) is 52.0 Å². The van der Waals surface area contributed by atoms with Gasteiger partial charge in [-0.05, 0) is 30.0 Å². The molecule has 2 nitrogen and oxygen atoms in total. The van der Waals surface area contributed by atoms with E-state index in [1.165, 1.54) is 6.07 Å². The number of hydrogen-bond donors (Lipinski definition) is 2. The lowest BCUT2D eigenvalue weighted by atomic mass is 9.74. The number of halogens is 3. The molecule has 1 aromatic carbocycles. The Bertz CT molecular complexity index is 618. The van der Waals surface area contributed by atoms with Crippen LogP contribution in [0.5, 0.6) is 0 Å². The van der Waals surface area contributed by atoms with Crippen molar-refractivity contribution >= 4 is 0 Å². The van der Waals surface area contributed by atoms with Crippen LogP contribution in [-0.2, 0) is 12.6 Å². The van der Waals surface area contributed by atoms with Gasteiger partial charge in [0.25, 0.3) is 0 Å². The molecule has 2 aliphatic rings. The lowest BCUT2D eigenvalue weighted by Crippen LogP contribution is -2.57. The normalized spacial score (nSPS) is 31.5. The summed E-state index contributed by atoms with van der Waals surface area (Å²) in [5.41, 5.74) is 12.2. The maximum absolute atomic E-state index is 13.1. The van der Waals surface area contributed by atoms with Crippen LogP contribution in [0.4, 0.5) is 13.2 Å². The summed E-state index contributed by atoms with van der Waals surface area (Å²) in [4.78, 5) is 0. The molecule has 112 valence electrons. The number of alkyl halides is 3. The fourth-order valence-electron chi connectivity index (χ4n) is 3.47. The van der Waals surface area contributed by atoms with Crippen LogP contribution in [-0.4, -0.2) is 11.6 Å². The van der Waals surface area contributed by atoms with E-state index in [4.69, 9.17) is 11.5 Å². The molecule has 4 N–H and O–H groups in total. The van der Waals surface area contributed by atoms with E-state index < -0.39 is 23.3 Å². The highest BCUT2D eigenvalue weighted by Crippen LogP contribution is 2.46. The van der Waals surface area contributed by atoms with Gasteiger partial charge < -0.3 is 11.5 Å². The average Bonchev–Trinajstić information content (AvgIpc) is 2.85. The van der Waals surface area contributed by atoms with Crippen LogP contribution >= 0.6 is 0 Å². The fourth-order valence-corrected chi connectivity index (χ4v) is 3.47. The number of benzene rings is 1. The van der Waals surface area contributed by atoms with Crippen molar-refractivity contribution in [2.45, 2.75) is 36.5 Å². The molecule has 0 bridgehead atoms. The minimum Gasteiger partial charge on any atom is -0.323 e. The van der Waals surface area contributed by atoms with Gasteiger partial charge in [-0.25, -0.2) is 0 Å². The minimum atomic E-state index is -4.33. The molecule has 0 saturated carbocycles. The van der Waals surface area contributed by atoms with Gasteiger partial charge in [-0.2, -0.15) is 13.2 Å². The molecule has 5 heteroatoms. The first-order valence-electron chi connectivity index (χ1n) is 6.93. The monoisotopic (exact) mass is 294 g/mol. The van der Waals surface area contributed by atoms with Crippen LogP contribution in [0, 0.1) is 0 Å². The second-order valence-electron chi connectivity index (χ2n) is 5.73. The second kappa shape index (κ2) is 4.71. The van der Waals surface area contributed by atoms with Crippen LogP contribution in [0.1, 0.15) is 29.0 Å². The highest BCUT2D eigenvalue weighted by Gasteiger charge is 2.45. The predicted molar refractivity (Wildman–Crippen MR) is 75.7 cm³/mol. The molecule has 0 spiro atoms. The van der Waals surface area contributed by atoms with Crippen molar-refractivity contribution in [2.24, 2.45) is 11.5 Å². The quantitative estimate of drug-likeness (QED) is 0.837. The Morgan fingerprint density at radius 3 is 2.62 bits per heavy atom. The summed E-state index contributed by atoms with van der Waals surface area (Å²) in [6.07, 6.45) is 3.90. The third-order valence-electron chi connectivity index (χ3n) is 4.57. The van der Waals surface area contributed by atoms with E-state index in [0.717, 1.165) is 6.07 Å².